The smallest absolute Gasteiger partial charge is 0.137 e. The van der Waals surface area contributed by atoms with Gasteiger partial charge in [0.25, 0.3) is 0 Å². The van der Waals surface area contributed by atoms with Crippen molar-refractivity contribution in [2.45, 2.75) is 31.5 Å². The van der Waals surface area contributed by atoms with Crippen LogP contribution >= 0.6 is 31.9 Å². The van der Waals surface area contributed by atoms with Crippen LogP contribution in [0.1, 0.15) is 25.8 Å². The largest absolute Gasteiger partial charge is 0.206 e. The van der Waals surface area contributed by atoms with Gasteiger partial charge in [-0.05, 0) is 46.3 Å². The van der Waals surface area contributed by atoms with Gasteiger partial charge in [0.15, 0.2) is 0 Å². The summed E-state index contributed by atoms with van der Waals surface area (Å²) in [6, 6.07) is 5.21. The molecular formula is C12H15Br2F. The molecule has 0 fully saturated rings. The van der Waals surface area contributed by atoms with Crippen LogP contribution in [0.2, 0.25) is 0 Å². The van der Waals surface area contributed by atoms with Crippen LogP contribution in [0.15, 0.2) is 22.7 Å². The topological polar surface area (TPSA) is 0 Å². The van der Waals surface area contributed by atoms with E-state index in [1.165, 1.54) is 6.07 Å². The minimum atomic E-state index is -0.178. The number of hydrogen-bond donors (Lipinski definition) is 0. The first-order valence-electron chi connectivity index (χ1n) is 5.13. The number of rotatable bonds is 4. The van der Waals surface area contributed by atoms with Crippen molar-refractivity contribution in [2.75, 3.05) is 0 Å². The molecule has 0 spiro atoms. The zero-order valence-corrected chi connectivity index (χ0v) is 12.1. The van der Waals surface area contributed by atoms with E-state index in [-0.39, 0.29) is 5.82 Å². The van der Waals surface area contributed by atoms with E-state index in [0.29, 0.717) is 15.2 Å². The Morgan fingerprint density at radius 3 is 2.67 bits per heavy atom. The molecule has 0 radical (unpaired) electrons. The Balaban J connectivity index is 2.76. The molecule has 0 bridgehead atoms. The number of halogens is 3. The molecule has 0 heterocycles. The number of benzene rings is 1. The minimum absolute atomic E-state index is 0.178. The SMILES string of the molecule is CCC(Br)C(C)Cc1cccc(F)c1Br. The molecule has 84 valence electrons. The second-order valence-electron chi connectivity index (χ2n) is 3.82. The molecule has 15 heavy (non-hydrogen) atoms. The van der Waals surface area contributed by atoms with E-state index in [4.69, 9.17) is 0 Å². The molecular weight excluding hydrogens is 323 g/mol. The van der Waals surface area contributed by atoms with Crippen LogP contribution in [-0.2, 0) is 6.42 Å². The van der Waals surface area contributed by atoms with Crippen molar-refractivity contribution >= 4 is 31.9 Å². The van der Waals surface area contributed by atoms with Crippen molar-refractivity contribution in [1.82, 2.24) is 0 Å². The zero-order chi connectivity index (χ0) is 11.4. The van der Waals surface area contributed by atoms with Crippen molar-refractivity contribution < 1.29 is 4.39 Å². The molecule has 0 nitrogen and oxygen atoms in total. The molecule has 0 N–H and O–H groups in total. The van der Waals surface area contributed by atoms with Crippen molar-refractivity contribution in [3.63, 3.8) is 0 Å². The third-order valence-electron chi connectivity index (χ3n) is 2.58. The lowest BCUT2D eigenvalue weighted by atomic mass is 9.97. The Bertz CT molecular complexity index is 325. The molecule has 0 saturated carbocycles. The van der Waals surface area contributed by atoms with Crippen LogP contribution in [-0.4, -0.2) is 4.83 Å². The molecule has 0 aliphatic carbocycles. The van der Waals surface area contributed by atoms with Crippen LogP contribution in [0.3, 0.4) is 0 Å². The first kappa shape index (κ1) is 13.2. The van der Waals surface area contributed by atoms with Gasteiger partial charge >= 0.3 is 0 Å². The number of hydrogen-bond acceptors (Lipinski definition) is 0. The van der Waals surface area contributed by atoms with E-state index in [1.54, 1.807) is 6.07 Å². The van der Waals surface area contributed by atoms with E-state index in [0.717, 1.165) is 18.4 Å². The van der Waals surface area contributed by atoms with E-state index >= 15 is 0 Å². The monoisotopic (exact) mass is 336 g/mol. The lowest BCUT2D eigenvalue weighted by Gasteiger charge is -2.17. The summed E-state index contributed by atoms with van der Waals surface area (Å²) >= 11 is 6.92. The molecule has 1 aromatic rings. The molecule has 0 aromatic heterocycles. The van der Waals surface area contributed by atoms with Gasteiger partial charge in [0.1, 0.15) is 5.82 Å². The highest BCUT2D eigenvalue weighted by Crippen LogP contribution is 2.26. The predicted octanol–water partition coefficient (Wildman–Crippen LogP) is 4.94. The summed E-state index contributed by atoms with van der Waals surface area (Å²) in [6.45, 7) is 4.33. The summed E-state index contributed by atoms with van der Waals surface area (Å²) in [6.07, 6.45) is 1.98. The lowest BCUT2D eigenvalue weighted by molar-refractivity contribution is 0.540. The van der Waals surface area contributed by atoms with Gasteiger partial charge in [-0.15, -0.1) is 0 Å². The van der Waals surface area contributed by atoms with Gasteiger partial charge in [0, 0.05) is 4.83 Å². The Labute approximate surface area is 108 Å². The third kappa shape index (κ3) is 3.56. The van der Waals surface area contributed by atoms with E-state index < -0.39 is 0 Å². The summed E-state index contributed by atoms with van der Waals surface area (Å²) in [5, 5.41) is 0. The fourth-order valence-corrected chi connectivity index (χ4v) is 2.20. The summed E-state index contributed by atoms with van der Waals surface area (Å²) < 4.78 is 13.9. The second kappa shape index (κ2) is 6.00. The van der Waals surface area contributed by atoms with Gasteiger partial charge in [-0.25, -0.2) is 4.39 Å². The molecule has 1 aromatic carbocycles. The van der Waals surface area contributed by atoms with E-state index in [9.17, 15) is 4.39 Å². The maximum atomic E-state index is 13.3. The molecule has 0 aliphatic rings. The number of alkyl halides is 1. The Morgan fingerprint density at radius 1 is 1.40 bits per heavy atom. The van der Waals surface area contributed by atoms with Gasteiger partial charge in [-0.2, -0.15) is 0 Å². The predicted molar refractivity (Wildman–Crippen MR) is 70.0 cm³/mol. The Hall–Kier alpha value is 0.110. The van der Waals surface area contributed by atoms with Gasteiger partial charge in [0.05, 0.1) is 4.47 Å². The van der Waals surface area contributed by atoms with Crippen LogP contribution in [0.4, 0.5) is 4.39 Å². The quantitative estimate of drug-likeness (QED) is 0.682. The molecule has 3 heteroatoms. The molecule has 1 rings (SSSR count). The molecule has 2 atom stereocenters. The van der Waals surface area contributed by atoms with Crippen LogP contribution in [0.25, 0.3) is 0 Å². The summed E-state index contributed by atoms with van der Waals surface area (Å²) in [7, 11) is 0. The summed E-state index contributed by atoms with van der Waals surface area (Å²) in [4.78, 5) is 0.493. The van der Waals surface area contributed by atoms with Crippen molar-refractivity contribution in [2.24, 2.45) is 5.92 Å². The Kier molecular flexibility index (Phi) is 5.27. The van der Waals surface area contributed by atoms with Crippen molar-refractivity contribution in [1.29, 1.82) is 0 Å². The third-order valence-corrected chi connectivity index (χ3v) is 5.02. The second-order valence-corrected chi connectivity index (χ2v) is 5.79. The minimum Gasteiger partial charge on any atom is -0.206 e. The zero-order valence-electron chi connectivity index (χ0n) is 8.93. The van der Waals surface area contributed by atoms with Crippen LogP contribution in [0, 0.1) is 11.7 Å². The molecule has 0 amide bonds. The first-order chi connectivity index (χ1) is 7.06. The standard InChI is InChI=1S/C12H15Br2F/c1-3-10(13)8(2)7-9-5-4-6-11(15)12(9)14/h4-6,8,10H,3,7H2,1-2H3. The van der Waals surface area contributed by atoms with Crippen molar-refractivity contribution in [3.8, 4) is 0 Å². The van der Waals surface area contributed by atoms with E-state index in [1.807, 2.05) is 6.07 Å². The van der Waals surface area contributed by atoms with Gasteiger partial charge in [0.2, 0.25) is 0 Å². The average molecular weight is 338 g/mol. The Morgan fingerprint density at radius 2 is 2.07 bits per heavy atom. The lowest BCUT2D eigenvalue weighted by Crippen LogP contribution is -2.13. The highest BCUT2D eigenvalue weighted by atomic mass is 79.9. The maximum absolute atomic E-state index is 13.3. The fraction of sp³-hybridized carbons (Fsp3) is 0.500. The molecule has 2 unspecified atom stereocenters. The molecule has 0 saturated heterocycles. The summed E-state index contributed by atoms with van der Waals surface area (Å²) in [5.74, 6) is 0.329. The van der Waals surface area contributed by atoms with Gasteiger partial charge < -0.3 is 0 Å². The van der Waals surface area contributed by atoms with Crippen LogP contribution in [0.5, 0.6) is 0 Å². The van der Waals surface area contributed by atoms with Crippen LogP contribution < -0.4 is 0 Å². The van der Waals surface area contributed by atoms with Gasteiger partial charge in [-0.3, -0.25) is 0 Å². The van der Waals surface area contributed by atoms with Gasteiger partial charge in [-0.1, -0.05) is 41.9 Å². The normalized spacial score (nSPS) is 15.0. The highest BCUT2D eigenvalue weighted by Gasteiger charge is 2.15. The summed E-state index contributed by atoms with van der Waals surface area (Å²) in [5.41, 5.74) is 1.04. The fourth-order valence-electron chi connectivity index (χ4n) is 1.58. The maximum Gasteiger partial charge on any atom is 0.137 e. The first-order valence-corrected chi connectivity index (χ1v) is 6.84. The highest BCUT2D eigenvalue weighted by molar-refractivity contribution is 9.10. The average Bonchev–Trinajstić information content (AvgIpc) is 2.23. The van der Waals surface area contributed by atoms with Crippen molar-refractivity contribution in [3.05, 3.63) is 34.1 Å². The van der Waals surface area contributed by atoms with E-state index in [2.05, 4.69) is 45.7 Å². The molecule has 0 aliphatic heterocycles.